The first kappa shape index (κ1) is 25.4. The predicted octanol–water partition coefficient (Wildman–Crippen LogP) is 5.41. The lowest BCUT2D eigenvalue weighted by Crippen LogP contribution is -2.24. The van der Waals surface area contributed by atoms with Crippen molar-refractivity contribution in [2.24, 2.45) is 0 Å². The molecule has 4 aromatic heterocycles. The minimum absolute atomic E-state index is 0.311. The summed E-state index contributed by atoms with van der Waals surface area (Å²) in [6, 6.07) is 11.1. The van der Waals surface area contributed by atoms with Crippen LogP contribution in [0, 0.1) is 0 Å². The van der Waals surface area contributed by atoms with E-state index >= 15 is 0 Å². The summed E-state index contributed by atoms with van der Waals surface area (Å²) >= 11 is 3.14. The van der Waals surface area contributed by atoms with Gasteiger partial charge < -0.3 is 15.5 Å². The number of likely N-dealkylation sites (tertiary alicyclic amines) is 1. The lowest BCUT2D eigenvalue weighted by atomic mass is 10.3. The summed E-state index contributed by atoms with van der Waals surface area (Å²) < 4.78 is 3.06. The topological polar surface area (TPSA) is 113 Å². The van der Waals surface area contributed by atoms with Gasteiger partial charge in [0.05, 0.1) is 23.0 Å². The summed E-state index contributed by atoms with van der Waals surface area (Å²) in [5.41, 5.74) is 2.76. The summed E-state index contributed by atoms with van der Waals surface area (Å²) in [5.74, 6) is 0.822. The van der Waals surface area contributed by atoms with Crippen LogP contribution < -0.4 is 16.0 Å². The molecule has 1 aromatic carbocycles. The Morgan fingerprint density at radius 1 is 0.974 bits per heavy atom. The van der Waals surface area contributed by atoms with Crippen LogP contribution in [0.1, 0.15) is 17.7 Å². The number of anilines is 3. The fourth-order valence-corrected chi connectivity index (χ4v) is 6.41. The van der Waals surface area contributed by atoms with Crippen LogP contribution in [0.5, 0.6) is 0 Å². The van der Waals surface area contributed by atoms with E-state index in [1.54, 1.807) is 23.9 Å². The number of para-hydroxylation sites is 1. The van der Waals surface area contributed by atoms with Gasteiger partial charge in [0.15, 0.2) is 5.13 Å². The molecule has 2 amide bonds. The molecule has 1 saturated heterocycles. The van der Waals surface area contributed by atoms with Crippen molar-refractivity contribution in [2.75, 3.05) is 42.1 Å². The molecule has 1 aliphatic heterocycles. The number of benzene rings is 1. The standard InChI is InChI=1S/C27H29N9OS2/c37-26(33-20-6-2-1-3-7-20)34-27-29-16-21(38-27)8-9-28-25-24-22(30-18-31-25)14-23(39-24)19-15-32-36(17-19)13-12-35-10-4-5-11-35/h1-3,6-7,14-18H,4-5,8-13H2,(H,28,30,31)(H2,29,33,34,37). The lowest BCUT2D eigenvalue weighted by Gasteiger charge is -2.13. The van der Waals surface area contributed by atoms with Gasteiger partial charge in [-0.2, -0.15) is 5.10 Å². The van der Waals surface area contributed by atoms with Crippen LogP contribution in [0.2, 0.25) is 0 Å². The highest BCUT2D eigenvalue weighted by Gasteiger charge is 2.14. The average molecular weight is 560 g/mol. The Bertz CT molecular complexity index is 1540. The number of hydrogen-bond acceptors (Lipinski definition) is 9. The van der Waals surface area contributed by atoms with Gasteiger partial charge in [-0.05, 0) is 44.1 Å². The number of thiophene rings is 1. The Balaban J connectivity index is 1.03. The third-order valence-electron chi connectivity index (χ3n) is 6.54. The zero-order valence-corrected chi connectivity index (χ0v) is 23.0. The van der Waals surface area contributed by atoms with Crippen LogP contribution in [0.15, 0.2) is 61.3 Å². The van der Waals surface area contributed by atoms with E-state index in [1.165, 1.54) is 37.3 Å². The number of nitrogens with one attached hydrogen (secondary N) is 3. The average Bonchev–Trinajstić information content (AvgIpc) is 3.75. The third kappa shape index (κ3) is 6.41. The van der Waals surface area contributed by atoms with E-state index in [9.17, 15) is 4.79 Å². The molecule has 0 unspecified atom stereocenters. The molecule has 39 heavy (non-hydrogen) atoms. The van der Waals surface area contributed by atoms with Gasteiger partial charge in [-0.15, -0.1) is 22.7 Å². The van der Waals surface area contributed by atoms with Crippen LogP contribution in [0.25, 0.3) is 20.7 Å². The van der Waals surface area contributed by atoms with Crippen LogP contribution in [-0.4, -0.2) is 61.8 Å². The number of urea groups is 1. The minimum Gasteiger partial charge on any atom is -0.368 e. The number of amides is 2. The molecule has 6 rings (SSSR count). The zero-order valence-electron chi connectivity index (χ0n) is 21.3. The van der Waals surface area contributed by atoms with Crippen LogP contribution >= 0.6 is 22.7 Å². The molecule has 5 heterocycles. The zero-order chi connectivity index (χ0) is 26.4. The molecule has 0 atom stereocenters. The van der Waals surface area contributed by atoms with Crippen molar-refractivity contribution in [3.63, 3.8) is 0 Å². The maximum atomic E-state index is 12.2. The molecule has 0 saturated carbocycles. The number of carbonyl (C=O) groups is 1. The first-order valence-corrected chi connectivity index (χ1v) is 14.6. The molecule has 10 nitrogen and oxygen atoms in total. The summed E-state index contributed by atoms with van der Waals surface area (Å²) in [6.45, 7) is 5.04. The number of thiazole rings is 1. The van der Waals surface area contributed by atoms with E-state index in [4.69, 9.17) is 0 Å². The number of fused-ring (bicyclic) bond motifs is 1. The number of nitrogens with zero attached hydrogens (tertiary/aromatic N) is 6. The van der Waals surface area contributed by atoms with Crippen molar-refractivity contribution >= 4 is 55.6 Å². The molecule has 0 aliphatic carbocycles. The SMILES string of the molecule is O=C(Nc1ccccc1)Nc1ncc(CCNc2ncnc3cc(-c4cnn(CCN5CCCC5)c4)sc23)s1. The van der Waals surface area contributed by atoms with Crippen molar-refractivity contribution in [3.8, 4) is 10.4 Å². The molecular weight excluding hydrogens is 530 g/mol. The predicted molar refractivity (Wildman–Crippen MR) is 158 cm³/mol. The van der Waals surface area contributed by atoms with Crippen LogP contribution in [0.4, 0.5) is 21.4 Å². The van der Waals surface area contributed by atoms with E-state index in [1.807, 2.05) is 41.2 Å². The van der Waals surface area contributed by atoms with Gasteiger partial charge in [0.25, 0.3) is 0 Å². The van der Waals surface area contributed by atoms with Gasteiger partial charge in [0.2, 0.25) is 0 Å². The van der Waals surface area contributed by atoms with Crippen molar-refractivity contribution < 1.29 is 4.79 Å². The van der Waals surface area contributed by atoms with Gasteiger partial charge in [0.1, 0.15) is 12.1 Å². The van der Waals surface area contributed by atoms with Crippen molar-refractivity contribution in [3.05, 3.63) is 66.2 Å². The second-order valence-electron chi connectivity index (χ2n) is 9.34. The van der Waals surface area contributed by atoms with Gasteiger partial charge in [-0.1, -0.05) is 18.2 Å². The monoisotopic (exact) mass is 559 g/mol. The van der Waals surface area contributed by atoms with Crippen molar-refractivity contribution in [1.29, 1.82) is 0 Å². The van der Waals surface area contributed by atoms with Crippen LogP contribution in [0.3, 0.4) is 0 Å². The quantitative estimate of drug-likeness (QED) is 0.210. The molecule has 200 valence electrons. The van der Waals surface area contributed by atoms with Gasteiger partial charge >= 0.3 is 6.03 Å². The van der Waals surface area contributed by atoms with E-state index < -0.39 is 0 Å². The fraction of sp³-hybridized carbons (Fsp3) is 0.296. The Kier molecular flexibility index (Phi) is 7.75. The molecule has 1 fully saturated rings. The molecule has 0 bridgehead atoms. The minimum atomic E-state index is -0.311. The summed E-state index contributed by atoms with van der Waals surface area (Å²) in [6.07, 6.45) is 10.8. The van der Waals surface area contributed by atoms with E-state index in [-0.39, 0.29) is 6.03 Å². The molecule has 1 aliphatic rings. The second-order valence-corrected chi connectivity index (χ2v) is 11.5. The molecular formula is C27H29N9OS2. The van der Waals surface area contributed by atoms with Gasteiger partial charge in [-0.3, -0.25) is 10.00 Å². The largest absolute Gasteiger partial charge is 0.368 e. The van der Waals surface area contributed by atoms with Crippen LogP contribution in [-0.2, 0) is 13.0 Å². The Morgan fingerprint density at radius 3 is 2.72 bits per heavy atom. The smallest absolute Gasteiger partial charge is 0.325 e. The number of rotatable bonds is 10. The number of aromatic nitrogens is 5. The van der Waals surface area contributed by atoms with Crippen molar-refractivity contribution in [1.82, 2.24) is 29.6 Å². The number of hydrogen-bond donors (Lipinski definition) is 3. The van der Waals surface area contributed by atoms with E-state index in [2.05, 4.69) is 53.2 Å². The summed E-state index contributed by atoms with van der Waals surface area (Å²) in [5, 5.41) is 14.2. The lowest BCUT2D eigenvalue weighted by molar-refractivity contribution is 0.262. The highest BCUT2D eigenvalue weighted by Crippen LogP contribution is 2.35. The van der Waals surface area contributed by atoms with E-state index in [0.29, 0.717) is 11.7 Å². The molecule has 0 spiro atoms. The normalized spacial score (nSPS) is 13.6. The summed E-state index contributed by atoms with van der Waals surface area (Å²) in [4.78, 5) is 30.2. The number of carbonyl (C=O) groups excluding carboxylic acids is 1. The maximum Gasteiger partial charge on any atom is 0.325 e. The Morgan fingerprint density at radius 2 is 1.85 bits per heavy atom. The maximum absolute atomic E-state index is 12.2. The highest BCUT2D eigenvalue weighted by molar-refractivity contribution is 7.22. The summed E-state index contributed by atoms with van der Waals surface area (Å²) in [7, 11) is 0. The first-order valence-electron chi connectivity index (χ1n) is 13.0. The Hall–Kier alpha value is -3.87. The molecule has 5 aromatic rings. The van der Waals surface area contributed by atoms with Gasteiger partial charge in [0, 0.05) is 52.9 Å². The second kappa shape index (κ2) is 11.9. The Labute approximate surface area is 234 Å². The van der Waals surface area contributed by atoms with E-state index in [0.717, 1.165) is 56.5 Å². The van der Waals surface area contributed by atoms with Crippen molar-refractivity contribution in [2.45, 2.75) is 25.8 Å². The highest BCUT2D eigenvalue weighted by atomic mass is 32.1. The van der Waals surface area contributed by atoms with Gasteiger partial charge in [-0.25, -0.2) is 19.7 Å². The molecule has 12 heteroatoms. The first-order chi connectivity index (χ1) is 19.2. The fourth-order valence-electron chi connectivity index (χ4n) is 4.55. The third-order valence-corrected chi connectivity index (χ3v) is 8.70. The molecule has 3 N–H and O–H groups in total. The molecule has 0 radical (unpaired) electrons.